The number of carbonyl (C=O) groups excluding carboxylic acids is 1. The number of rotatable bonds is 6. The van der Waals surface area contributed by atoms with Gasteiger partial charge in [-0.3, -0.25) is 10.1 Å². The number of halogens is 3. The largest absolute Gasteiger partial charge is 0.484 e. The number of nitrogens with one attached hydrogen (secondary N) is 2. The minimum atomic E-state index is -4.60. The second-order valence-corrected chi connectivity index (χ2v) is 8.38. The first-order valence-corrected chi connectivity index (χ1v) is 10.6. The average Bonchev–Trinajstić information content (AvgIpc) is 3.08. The molecule has 13 heteroatoms. The van der Waals surface area contributed by atoms with Gasteiger partial charge < -0.3 is 20.1 Å². The lowest BCUT2D eigenvalue weighted by Gasteiger charge is -2.14. The summed E-state index contributed by atoms with van der Waals surface area (Å²) in [5.74, 6) is -0.850. The number of benzene rings is 1. The number of anilines is 2. The molecule has 0 spiro atoms. The number of hydrogen-bond donors (Lipinski definition) is 2. The molecule has 0 saturated carbocycles. The number of aryl methyl sites for hydroxylation is 1. The quantitative estimate of drug-likeness (QED) is 0.251. The molecule has 0 saturated heterocycles. The van der Waals surface area contributed by atoms with Crippen LogP contribution >= 0.6 is 23.6 Å². The molecule has 1 aromatic heterocycles. The van der Waals surface area contributed by atoms with Crippen LogP contribution in [0.3, 0.4) is 0 Å². The summed E-state index contributed by atoms with van der Waals surface area (Å²) in [6.45, 7) is -1.60. The molecule has 3 rings (SSSR count). The highest BCUT2D eigenvalue weighted by molar-refractivity contribution is 7.80. The molecular formula is C19H18F3N3O5S2. The Bertz CT molecular complexity index is 1060. The van der Waals surface area contributed by atoms with Crippen LogP contribution < -0.4 is 15.4 Å². The van der Waals surface area contributed by atoms with Gasteiger partial charge in [-0.25, -0.2) is 4.79 Å². The van der Waals surface area contributed by atoms with Crippen molar-refractivity contribution in [3.63, 3.8) is 0 Å². The normalized spacial score (nSPS) is 13.1. The van der Waals surface area contributed by atoms with Crippen LogP contribution in [-0.2, 0) is 17.6 Å². The third-order valence-electron chi connectivity index (χ3n) is 4.55. The maximum atomic E-state index is 12.4. The van der Waals surface area contributed by atoms with Gasteiger partial charge in [-0.05, 0) is 43.5 Å². The van der Waals surface area contributed by atoms with Gasteiger partial charge in [0.2, 0.25) is 0 Å². The first kappa shape index (κ1) is 23.7. The van der Waals surface area contributed by atoms with E-state index in [1.807, 2.05) is 0 Å². The monoisotopic (exact) mass is 489 g/mol. The fourth-order valence-corrected chi connectivity index (χ4v) is 4.81. The van der Waals surface area contributed by atoms with Gasteiger partial charge in [-0.15, -0.1) is 11.3 Å². The van der Waals surface area contributed by atoms with E-state index in [-0.39, 0.29) is 16.5 Å². The number of esters is 1. The van der Waals surface area contributed by atoms with Crippen LogP contribution in [0, 0.1) is 10.1 Å². The second-order valence-electron chi connectivity index (χ2n) is 6.86. The SMILES string of the molecule is COC(=O)c1c(NC(=S)Nc2cc(OCC(F)(F)F)cc([N+](=O)[O-])c2)sc2c1CCCC2. The van der Waals surface area contributed by atoms with Crippen molar-refractivity contribution >= 4 is 51.0 Å². The van der Waals surface area contributed by atoms with Crippen molar-refractivity contribution in [2.24, 2.45) is 0 Å². The van der Waals surface area contributed by atoms with Gasteiger partial charge in [0, 0.05) is 17.0 Å². The molecule has 0 atom stereocenters. The summed E-state index contributed by atoms with van der Waals surface area (Å²) in [6.07, 6.45) is -1.08. The Labute approximate surface area is 189 Å². The minimum Gasteiger partial charge on any atom is -0.484 e. The van der Waals surface area contributed by atoms with Crippen molar-refractivity contribution < 1.29 is 32.4 Å². The van der Waals surface area contributed by atoms with E-state index in [2.05, 4.69) is 15.4 Å². The van der Waals surface area contributed by atoms with Crippen LogP contribution in [0.15, 0.2) is 18.2 Å². The van der Waals surface area contributed by atoms with Crippen molar-refractivity contribution in [2.45, 2.75) is 31.9 Å². The van der Waals surface area contributed by atoms with Crippen LogP contribution in [0.5, 0.6) is 5.75 Å². The number of nitro benzene ring substituents is 1. The van der Waals surface area contributed by atoms with E-state index in [1.54, 1.807) is 0 Å². The summed E-state index contributed by atoms with van der Waals surface area (Å²) < 4.78 is 46.8. The van der Waals surface area contributed by atoms with Crippen molar-refractivity contribution in [3.05, 3.63) is 44.3 Å². The first-order chi connectivity index (χ1) is 15.1. The van der Waals surface area contributed by atoms with Crippen molar-refractivity contribution in [2.75, 3.05) is 24.4 Å². The highest BCUT2D eigenvalue weighted by Crippen LogP contribution is 2.38. The van der Waals surface area contributed by atoms with E-state index in [0.717, 1.165) is 54.3 Å². The summed E-state index contributed by atoms with van der Waals surface area (Å²) in [7, 11) is 1.28. The van der Waals surface area contributed by atoms with E-state index in [9.17, 15) is 28.1 Å². The number of fused-ring (bicyclic) bond motifs is 1. The van der Waals surface area contributed by atoms with E-state index < -0.39 is 29.4 Å². The van der Waals surface area contributed by atoms with Crippen molar-refractivity contribution in [1.29, 1.82) is 0 Å². The molecule has 172 valence electrons. The third-order valence-corrected chi connectivity index (χ3v) is 5.96. The Balaban J connectivity index is 1.81. The second kappa shape index (κ2) is 9.69. The number of nitro groups is 1. The number of nitrogens with zero attached hydrogens (tertiary/aromatic N) is 1. The molecule has 0 bridgehead atoms. The number of methoxy groups -OCH3 is 1. The number of thiocarbonyl (C=S) groups is 1. The smallest absolute Gasteiger partial charge is 0.422 e. The number of alkyl halides is 3. The molecule has 1 aliphatic rings. The van der Waals surface area contributed by atoms with E-state index in [4.69, 9.17) is 17.0 Å². The maximum absolute atomic E-state index is 12.4. The molecule has 0 unspecified atom stereocenters. The number of thiophene rings is 1. The average molecular weight is 489 g/mol. The molecule has 32 heavy (non-hydrogen) atoms. The van der Waals surface area contributed by atoms with Gasteiger partial charge in [-0.1, -0.05) is 0 Å². The summed E-state index contributed by atoms with van der Waals surface area (Å²) in [5, 5.41) is 17.2. The van der Waals surface area contributed by atoms with Crippen LogP contribution in [0.2, 0.25) is 0 Å². The predicted molar refractivity (Wildman–Crippen MR) is 117 cm³/mol. The van der Waals surface area contributed by atoms with Crippen LogP contribution in [0.4, 0.5) is 29.5 Å². The van der Waals surface area contributed by atoms with Crippen LogP contribution in [0.1, 0.15) is 33.6 Å². The Morgan fingerprint density at radius 1 is 1.25 bits per heavy atom. The molecule has 1 aliphatic carbocycles. The zero-order valence-corrected chi connectivity index (χ0v) is 18.3. The molecule has 8 nitrogen and oxygen atoms in total. The van der Waals surface area contributed by atoms with E-state index >= 15 is 0 Å². The number of non-ortho nitro benzene ring substituents is 1. The minimum absolute atomic E-state index is 0.00369. The summed E-state index contributed by atoms with van der Waals surface area (Å²) in [6, 6.07) is 3.15. The summed E-state index contributed by atoms with van der Waals surface area (Å²) in [5.41, 5.74) is 0.882. The molecule has 1 heterocycles. The van der Waals surface area contributed by atoms with E-state index in [0.29, 0.717) is 10.6 Å². The van der Waals surface area contributed by atoms with Crippen molar-refractivity contribution in [1.82, 2.24) is 0 Å². The molecule has 1 aromatic carbocycles. The van der Waals surface area contributed by atoms with Gasteiger partial charge in [0.15, 0.2) is 11.7 Å². The predicted octanol–water partition coefficient (Wildman–Crippen LogP) is 5.07. The molecule has 2 N–H and O–H groups in total. The Kier molecular flexibility index (Phi) is 7.19. The Morgan fingerprint density at radius 2 is 1.97 bits per heavy atom. The summed E-state index contributed by atoms with van der Waals surface area (Å²) >= 11 is 6.63. The lowest BCUT2D eigenvalue weighted by atomic mass is 9.95. The zero-order chi connectivity index (χ0) is 23.5. The molecule has 0 radical (unpaired) electrons. The maximum Gasteiger partial charge on any atom is 0.422 e. The Hall–Kier alpha value is -2.93. The Morgan fingerprint density at radius 3 is 2.62 bits per heavy atom. The zero-order valence-electron chi connectivity index (χ0n) is 16.7. The van der Waals surface area contributed by atoms with E-state index in [1.165, 1.54) is 18.4 Å². The standard InChI is InChI=1S/C19H18F3N3O5S2/c1-29-17(26)15-13-4-2-3-5-14(13)32-16(15)24-18(31)23-10-6-11(25(27)28)8-12(7-10)30-9-19(20,21)22/h6-8H,2-5,9H2,1H3,(H2,23,24,31). The summed E-state index contributed by atoms with van der Waals surface area (Å²) in [4.78, 5) is 23.8. The fourth-order valence-electron chi connectivity index (χ4n) is 3.25. The van der Waals surface area contributed by atoms with Gasteiger partial charge in [-0.2, -0.15) is 13.2 Å². The number of hydrogen-bond acceptors (Lipinski definition) is 7. The fraction of sp³-hybridized carbons (Fsp3) is 0.368. The molecule has 0 amide bonds. The highest BCUT2D eigenvalue weighted by atomic mass is 32.1. The third kappa shape index (κ3) is 5.85. The number of ether oxygens (including phenoxy) is 2. The van der Waals surface area contributed by atoms with Gasteiger partial charge in [0.05, 0.1) is 29.4 Å². The first-order valence-electron chi connectivity index (χ1n) is 9.37. The van der Waals surface area contributed by atoms with Crippen molar-refractivity contribution in [3.8, 4) is 5.75 Å². The van der Waals surface area contributed by atoms with Gasteiger partial charge in [0.1, 0.15) is 10.8 Å². The number of carbonyl (C=O) groups is 1. The highest BCUT2D eigenvalue weighted by Gasteiger charge is 2.29. The lowest BCUT2D eigenvalue weighted by Crippen LogP contribution is -2.21. The van der Waals surface area contributed by atoms with Crippen LogP contribution in [-0.4, -0.2) is 35.9 Å². The lowest BCUT2D eigenvalue weighted by molar-refractivity contribution is -0.384. The van der Waals surface area contributed by atoms with Gasteiger partial charge >= 0.3 is 12.1 Å². The topological polar surface area (TPSA) is 103 Å². The molecule has 2 aromatic rings. The molecular weight excluding hydrogens is 471 g/mol. The molecule has 0 aliphatic heterocycles. The van der Waals surface area contributed by atoms with Crippen LogP contribution in [0.25, 0.3) is 0 Å². The molecule has 0 fully saturated rings. The van der Waals surface area contributed by atoms with Gasteiger partial charge in [0.25, 0.3) is 5.69 Å².